The third kappa shape index (κ3) is 65.9. The number of rotatable bonds is 76. The zero-order valence-electron chi connectivity index (χ0n) is 72.6. The molecule has 0 radical (unpaired) electrons. The number of aliphatic hydroxyl groups is 2. The molecule has 642 valence electrons. The van der Waals surface area contributed by atoms with Crippen LogP contribution in [-0.4, -0.2) is 176 Å². The number of carbonyl (C=O) groups is 6. The second-order valence-electron chi connectivity index (χ2n) is 29.7. The fourth-order valence-corrected chi connectivity index (χ4v) is 13.8. The molecule has 1 rings (SSSR count). The van der Waals surface area contributed by atoms with Crippen molar-refractivity contribution in [1.82, 2.24) is 21.3 Å². The second kappa shape index (κ2) is 73.4. The van der Waals surface area contributed by atoms with Gasteiger partial charge in [-0.1, -0.05) is 220 Å². The first-order valence-electron chi connectivity index (χ1n) is 42.4. The van der Waals surface area contributed by atoms with Gasteiger partial charge in [0.1, 0.15) is 12.2 Å². The van der Waals surface area contributed by atoms with Gasteiger partial charge in [-0.15, -0.1) is 0 Å². The number of hydrogen-bond donors (Lipinski definition) is 8. The number of ether oxygens (including phenoxy) is 6. The van der Waals surface area contributed by atoms with Crippen molar-refractivity contribution in [3.63, 3.8) is 0 Å². The predicted molar refractivity (Wildman–Crippen MR) is 428 cm³/mol. The first-order valence-corrected chi connectivity index (χ1v) is 45.3. The molecule has 111 heavy (non-hydrogen) atoms. The van der Waals surface area contributed by atoms with Crippen LogP contribution >= 0.6 is 15.6 Å². The van der Waals surface area contributed by atoms with Crippen molar-refractivity contribution in [2.45, 2.75) is 392 Å². The molecule has 0 spiro atoms. The normalized spacial score (nSPS) is 16.8. The van der Waals surface area contributed by atoms with Crippen molar-refractivity contribution in [3.8, 4) is 0 Å². The number of unbranched alkanes of at least 4 members (excludes halogenated alkanes) is 26. The van der Waals surface area contributed by atoms with E-state index in [2.05, 4.69) is 87.1 Å². The van der Waals surface area contributed by atoms with E-state index in [9.17, 15) is 57.9 Å². The van der Waals surface area contributed by atoms with E-state index in [-0.39, 0.29) is 127 Å². The van der Waals surface area contributed by atoms with Gasteiger partial charge in [0.2, 0.25) is 11.8 Å². The Hall–Kier alpha value is -1.72. The van der Waals surface area contributed by atoms with Gasteiger partial charge in [0.15, 0.2) is 18.0 Å². The molecule has 1 fully saturated rings. The number of hydrogen-bond acceptors (Lipinski definition) is 20. The molecule has 8 N–H and O–H groups in total. The van der Waals surface area contributed by atoms with Gasteiger partial charge in [-0.3, -0.25) is 46.9 Å². The van der Waals surface area contributed by atoms with Crippen LogP contribution in [0.2, 0.25) is 0 Å². The monoisotopic (exact) mass is 1640 g/mol. The zero-order chi connectivity index (χ0) is 80.5. The van der Waals surface area contributed by atoms with Crippen LogP contribution in [0.5, 0.6) is 0 Å². The Balaban J connectivity index is -0.0000149. The molecule has 0 aromatic carbocycles. The summed E-state index contributed by atoms with van der Waals surface area (Å²) in [5, 5.41) is 31.9. The minimum absolute atomic E-state index is 0. The Morgan fingerprint density at radius 2 is 0.721 bits per heavy atom. The summed E-state index contributed by atoms with van der Waals surface area (Å²) in [6.45, 7) is 12.8. The molecule has 1 aliphatic heterocycles. The average molecular weight is 1640 g/mol. The molecule has 0 bridgehead atoms. The molecule has 0 aliphatic carbocycles. The maximum atomic E-state index is 13.7. The van der Waals surface area contributed by atoms with E-state index in [4.69, 9.17) is 46.5 Å². The van der Waals surface area contributed by atoms with Crippen molar-refractivity contribution in [3.05, 3.63) is 24.3 Å². The Labute approximate surface area is 716 Å². The van der Waals surface area contributed by atoms with E-state index >= 15 is 0 Å². The van der Waals surface area contributed by atoms with E-state index in [1.807, 2.05) is 0 Å². The molecule has 10 atom stereocenters. The smallest absolute Gasteiger partial charge is 1.00 e. The van der Waals surface area contributed by atoms with Gasteiger partial charge in [0, 0.05) is 39.1 Å². The number of nitrogens with one attached hydrogen (secondary N) is 4. The third-order valence-electron chi connectivity index (χ3n) is 18.6. The molecule has 1 aliphatic rings. The summed E-state index contributed by atoms with van der Waals surface area (Å²) in [5.41, 5.74) is 0. The fraction of sp³-hybridized carbons (Fsp3) is 0.877. The van der Waals surface area contributed by atoms with E-state index in [1.165, 1.54) is 52.4 Å². The van der Waals surface area contributed by atoms with E-state index in [0.717, 1.165) is 167 Å². The summed E-state index contributed by atoms with van der Waals surface area (Å²) in [5.74, 6) is -4.91. The molecular weight excluding hydrogens is 1490 g/mol. The van der Waals surface area contributed by atoms with Crippen molar-refractivity contribution in [2.24, 2.45) is 0 Å². The second-order valence-corrected chi connectivity index (χ2v) is 32.6. The quantitative estimate of drug-likeness (QED) is 0.00922. The molecule has 6 unspecified atom stereocenters. The molecule has 4 amide bonds. The Bertz CT molecular complexity index is 2350. The Morgan fingerprint density at radius 1 is 0.414 bits per heavy atom. The number of amides is 4. The molecule has 30 heteroatoms. The zero-order valence-corrected chi connectivity index (χ0v) is 76.4. The average Bonchev–Trinajstić information content (AvgIpc) is 1.66. The minimum atomic E-state index is -4.87. The Kier molecular flexibility index (Phi) is 73.6. The number of phosphoric ester groups is 2. The molecule has 26 nitrogen and oxygen atoms in total. The van der Waals surface area contributed by atoms with E-state index in [1.54, 1.807) is 0 Å². The molecule has 1 saturated heterocycles. The topological polar surface area (TPSA) is 358 Å². The first-order chi connectivity index (χ1) is 52.4. The van der Waals surface area contributed by atoms with Crippen molar-refractivity contribution >= 4 is 51.2 Å². The van der Waals surface area contributed by atoms with E-state index < -0.39 is 132 Å². The third-order valence-corrected chi connectivity index (χ3v) is 20.6. The van der Waals surface area contributed by atoms with Gasteiger partial charge in [0.25, 0.3) is 11.8 Å². The maximum Gasteiger partial charge on any atom is 1.00 e. The van der Waals surface area contributed by atoms with Gasteiger partial charge in [-0.2, -0.15) is 0 Å². The number of aliphatic hydroxyl groups excluding tert-OH is 2. The number of carbonyl (C=O) groups excluding carboxylic acids is 6. The summed E-state index contributed by atoms with van der Waals surface area (Å²) >= 11 is 0. The summed E-state index contributed by atoms with van der Waals surface area (Å²) in [6.07, 6.45) is 39.9. The van der Waals surface area contributed by atoms with Gasteiger partial charge < -0.3 is 72.5 Å². The van der Waals surface area contributed by atoms with Crippen LogP contribution in [0.25, 0.3) is 0 Å². The van der Waals surface area contributed by atoms with Crippen LogP contribution < -0.4 is 80.4 Å². The predicted octanol–water partition coefficient (Wildman–Crippen LogP) is 10.2. The fourth-order valence-electron chi connectivity index (χ4n) is 12.3. The van der Waals surface area contributed by atoms with Crippen LogP contribution in [0, 0.1) is 0 Å². The number of esters is 2. The van der Waals surface area contributed by atoms with Crippen LogP contribution in [-0.2, 0) is 84.4 Å². The van der Waals surface area contributed by atoms with Gasteiger partial charge in [-0.25, -0.2) is 9.13 Å². The largest absolute Gasteiger partial charge is 1.00 e. The van der Waals surface area contributed by atoms with Crippen LogP contribution in [0.1, 0.15) is 341 Å². The summed E-state index contributed by atoms with van der Waals surface area (Å²) in [4.78, 5) is 103. The summed E-state index contributed by atoms with van der Waals surface area (Å²) in [7, 11) is -9.74. The van der Waals surface area contributed by atoms with Gasteiger partial charge >= 0.3 is 86.7 Å². The number of allylic oxidation sites excluding steroid dienone is 4. The molecule has 0 saturated carbocycles. The summed E-state index contributed by atoms with van der Waals surface area (Å²) in [6, 6.07) is -1.96. The van der Waals surface area contributed by atoms with Crippen molar-refractivity contribution < 1.29 is 166 Å². The van der Waals surface area contributed by atoms with Gasteiger partial charge in [0.05, 0.1) is 76.8 Å². The standard InChI is InChI=1S/C81H152N4O22P2.2Na.2H/c1-9-15-21-27-29-31-33-39-45-51-75(90)104-71(49-43-37-25-19-13-5)61-73(88)84-67(63-98-57-53-69(86)47-41-35-23-17-11-3)65-102-108(94,95)100-59-55-82-79(92)77-78(107-81(7,8)106-77)80(93)83-56-60-101-109(96,97)103-66-68(64-99-58-54-70(87)48-42-36-24-18-12-4)85-74(89)62-72(50-44-38-26-20-14-6)105-76(91)52-46-40-34-32-30-28-22-16-10-2;;;;/h31-34,67-72,77-78,86-87H,9-30,35-66H2,1-8H3,(H,82,92)(H,83,93)(H,84,88)(H,85,89)(H,94,95)(H,96,97);;;;/q;2*+1;2*-1/b33-31+,34-32+;;;;/t67?,68?,69-,70-,71-,72-,77?,78?;;;;/m1..../s1. The van der Waals surface area contributed by atoms with Crippen LogP contribution in [0.15, 0.2) is 24.3 Å². The van der Waals surface area contributed by atoms with Crippen molar-refractivity contribution in [2.75, 3.05) is 65.9 Å². The molecule has 0 aromatic rings. The first kappa shape index (κ1) is 111. The molecular formula is C81H154N4Na2O22P2. The van der Waals surface area contributed by atoms with Gasteiger partial charge in [-0.05, 0) is 117 Å². The maximum absolute atomic E-state index is 13.7. The molecule has 1 heterocycles. The van der Waals surface area contributed by atoms with E-state index in [0.29, 0.717) is 51.4 Å². The minimum Gasteiger partial charge on any atom is -1.00 e. The van der Waals surface area contributed by atoms with Crippen LogP contribution in [0.3, 0.4) is 0 Å². The number of phosphoric acid groups is 2. The SMILES string of the molecule is CCCCCC/C=C/CCCC(=O)O[C@H](CCCCCCC)CC(=O)NC(COCC[C@H](O)CCCCCCC)COP(=O)(O)OCCNC(=O)C1OC(C)(C)OC1C(=O)NCCOP(=O)(O)OCC(COCC[C@H](O)CCCCCCC)NC(=O)C[C@@H](CCCCCCC)OC(=O)CCC/C=C/CCCCCC.[H-].[H-].[Na+].[Na+]. The van der Waals surface area contributed by atoms with Crippen molar-refractivity contribution in [1.29, 1.82) is 0 Å². The summed E-state index contributed by atoms with van der Waals surface area (Å²) < 4.78 is 82.9. The van der Waals surface area contributed by atoms with Crippen LogP contribution in [0.4, 0.5) is 0 Å². The molecule has 0 aromatic heterocycles. The Morgan fingerprint density at radius 3 is 1.05 bits per heavy atom.